The highest BCUT2D eigenvalue weighted by Gasteiger charge is 2.35. The Morgan fingerprint density at radius 3 is 3.00 bits per heavy atom. The molecule has 0 amide bonds. The molecule has 0 spiro atoms. The van der Waals surface area contributed by atoms with Crippen LogP contribution in [0.15, 0.2) is 0 Å². The zero-order chi connectivity index (χ0) is 12.8. The summed E-state index contributed by atoms with van der Waals surface area (Å²) in [4.78, 5) is 12.0. The van der Waals surface area contributed by atoms with Gasteiger partial charge in [0.25, 0.3) is 0 Å². The zero-order valence-electron chi connectivity index (χ0n) is 11.0. The van der Waals surface area contributed by atoms with Crippen molar-refractivity contribution in [1.29, 1.82) is 0 Å². The van der Waals surface area contributed by atoms with E-state index in [9.17, 15) is 4.79 Å². The average molecular weight is 257 g/mol. The minimum absolute atomic E-state index is 0.0857. The van der Waals surface area contributed by atoms with Crippen molar-refractivity contribution in [1.82, 2.24) is 5.32 Å². The van der Waals surface area contributed by atoms with Gasteiger partial charge >= 0.3 is 5.97 Å². The molecule has 1 N–H and O–H groups in total. The fourth-order valence-corrected chi connectivity index (χ4v) is 2.47. The van der Waals surface area contributed by atoms with Gasteiger partial charge in [-0.25, -0.2) is 0 Å². The molecule has 0 saturated carbocycles. The molecule has 0 aromatic rings. The molecular formula is C13H23NO4. The monoisotopic (exact) mass is 257 g/mol. The highest BCUT2D eigenvalue weighted by Crippen LogP contribution is 2.17. The summed E-state index contributed by atoms with van der Waals surface area (Å²) in [5, 5.41) is 3.26. The molecular weight excluding hydrogens is 234 g/mol. The van der Waals surface area contributed by atoms with Gasteiger partial charge in [-0.3, -0.25) is 4.79 Å². The summed E-state index contributed by atoms with van der Waals surface area (Å²) >= 11 is 0. The second-order valence-corrected chi connectivity index (χ2v) is 4.93. The molecule has 5 heteroatoms. The molecule has 2 heterocycles. The first-order valence-corrected chi connectivity index (χ1v) is 6.90. The van der Waals surface area contributed by atoms with Crippen molar-refractivity contribution < 1.29 is 19.0 Å². The van der Waals surface area contributed by atoms with Crippen LogP contribution in [0.3, 0.4) is 0 Å². The molecule has 2 fully saturated rings. The predicted molar refractivity (Wildman–Crippen MR) is 66.3 cm³/mol. The summed E-state index contributed by atoms with van der Waals surface area (Å²) < 4.78 is 16.2. The van der Waals surface area contributed by atoms with E-state index in [1.54, 1.807) is 0 Å². The van der Waals surface area contributed by atoms with Gasteiger partial charge in [0.05, 0.1) is 25.2 Å². The third-order valence-electron chi connectivity index (χ3n) is 3.54. The lowest BCUT2D eigenvalue weighted by molar-refractivity contribution is -0.154. The molecule has 2 rings (SSSR count). The molecule has 104 valence electrons. The van der Waals surface area contributed by atoms with Crippen LogP contribution in [-0.2, 0) is 19.0 Å². The Morgan fingerprint density at radius 2 is 2.28 bits per heavy atom. The minimum Gasteiger partial charge on any atom is -0.463 e. The molecule has 0 aliphatic carbocycles. The molecule has 18 heavy (non-hydrogen) atoms. The maximum Gasteiger partial charge on any atom is 0.313 e. The number of carbonyl (C=O) groups excluding carboxylic acids is 1. The summed E-state index contributed by atoms with van der Waals surface area (Å²) in [6.07, 6.45) is 3.35. The molecule has 3 atom stereocenters. The number of rotatable bonds is 5. The van der Waals surface area contributed by atoms with Crippen molar-refractivity contribution in [3.05, 3.63) is 0 Å². The van der Waals surface area contributed by atoms with Crippen LogP contribution in [0, 0.1) is 5.92 Å². The van der Waals surface area contributed by atoms with Gasteiger partial charge in [0, 0.05) is 12.6 Å². The Morgan fingerprint density at radius 1 is 1.39 bits per heavy atom. The van der Waals surface area contributed by atoms with Gasteiger partial charge in [-0.05, 0) is 25.8 Å². The lowest BCUT2D eigenvalue weighted by atomic mass is 10.0. The normalized spacial score (nSPS) is 32.4. The van der Waals surface area contributed by atoms with Gasteiger partial charge in [-0.1, -0.05) is 6.92 Å². The highest BCUT2D eigenvalue weighted by molar-refractivity contribution is 5.73. The topological polar surface area (TPSA) is 56.8 Å². The smallest absolute Gasteiger partial charge is 0.313 e. The number of hydrogen-bond acceptors (Lipinski definition) is 5. The Kier molecular flexibility index (Phi) is 5.41. The SMILES string of the molecule is CCNC1COCC1C(=O)OCC1CCCCO1. The van der Waals surface area contributed by atoms with Crippen molar-refractivity contribution in [2.45, 2.75) is 38.3 Å². The van der Waals surface area contributed by atoms with Crippen molar-refractivity contribution in [2.24, 2.45) is 5.92 Å². The third-order valence-corrected chi connectivity index (χ3v) is 3.54. The number of nitrogens with one attached hydrogen (secondary N) is 1. The van der Waals surface area contributed by atoms with E-state index in [0.29, 0.717) is 19.8 Å². The first-order chi connectivity index (χ1) is 8.81. The van der Waals surface area contributed by atoms with Crippen LogP contribution in [0.4, 0.5) is 0 Å². The van der Waals surface area contributed by atoms with E-state index in [0.717, 1.165) is 32.4 Å². The maximum absolute atomic E-state index is 12.0. The summed E-state index contributed by atoms with van der Waals surface area (Å²) in [6.45, 7) is 5.08. The lowest BCUT2D eigenvalue weighted by Crippen LogP contribution is -2.40. The average Bonchev–Trinajstić information content (AvgIpc) is 2.86. The zero-order valence-corrected chi connectivity index (χ0v) is 11.0. The van der Waals surface area contributed by atoms with E-state index in [1.165, 1.54) is 0 Å². The lowest BCUT2D eigenvalue weighted by Gasteiger charge is -2.23. The summed E-state index contributed by atoms with van der Waals surface area (Å²) in [5.74, 6) is -0.332. The summed E-state index contributed by atoms with van der Waals surface area (Å²) in [5.41, 5.74) is 0. The highest BCUT2D eigenvalue weighted by atomic mass is 16.6. The van der Waals surface area contributed by atoms with Gasteiger partial charge in [-0.15, -0.1) is 0 Å². The van der Waals surface area contributed by atoms with E-state index in [4.69, 9.17) is 14.2 Å². The molecule has 2 saturated heterocycles. The van der Waals surface area contributed by atoms with Crippen molar-refractivity contribution in [2.75, 3.05) is 33.0 Å². The molecule has 2 aliphatic heterocycles. The molecule has 0 aromatic heterocycles. The Bertz CT molecular complexity index is 266. The second kappa shape index (κ2) is 7.07. The van der Waals surface area contributed by atoms with Crippen LogP contribution in [0.2, 0.25) is 0 Å². The van der Waals surface area contributed by atoms with Gasteiger partial charge < -0.3 is 19.5 Å². The number of carbonyl (C=O) groups is 1. The number of ether oxygens (including phenoxy) is 3. The van der Waals surface area contributed by atoms with E-state index in [1.807, 2.05) is 6.92 Å². The molecule has 0 aromatic carbocycles. The second-order valence-electron chi connectivity index (χ2n) is 4.93. The molecule has 0 radical (unpaired) electrons. The van der Waals surface area contributed by atoms with E-state index < -0.39 is 0 Å². The van der Waals surface area contributed by atoms with E-state index in [-0.39, 0.29) is 24.0 Å². The van der Waals surface area contributed by atoms with Gasteiger partial charge in [0.1, 0.15) is 6.61 Å². The van der Waals surface area contributed by atoms with Crippen LogP contribution >= 0.6 is 0 Å². The number of esters is 1. The van der Waals surface area contributed by atoms with E-state index in [2.05, 4.69) is 5.32 Å². The van der Waals surface area contributed by atoms with Crippen molar-refractivity contribution in [3.63, 3.8) is 0 Å². The van der Waals surface area contributed by atoms with Crippen LogP contribution in [-0.4, -0.2) is 51.1 Å². The number of likely N-dealkylation sites (N-methyl/N-ethyl adjacent to an activating group) is 1. The Balaban J connectivity index is 1.73. The quantitative estimate of drug-likeness (QED) is 0.736. The maximum atomic E-state index is 12.0. The third kappa shape index (κ3) is 3.67. The Labute approximate surface area is 108 Å². The first-order valence-electron chi connectivity index (χ1n) is 6.90. The summed E-state index contributed by atoms with van der Waals surface area (Å²) in [6, 6.07) is 0.0924. The molecule has 2 aliphatic rings. The van der Waals surface area contributed by atoms with Crippen LogP contribution in [0.1, 0.15) is 26.2 Å². The van der Waals surface area contributed by atoms with Crippen LogP contribution < -0.4 is 5.32 Å². The van der Waals surface area contributed by atoms with Crippen LogP contribution in [0.25, 0.3) is 0 Å². The van der Waals surface area contributed by atoms with Crippen LogP contribution in [0.5, 0.6) is 0 Å². The molecule has 0 bridgehead atoms. The predicted octanol–water partition coefficient (Wildman–Crippen LogP) is 0.723. The molecule has 3 unspecified atom stereocenters. The number of hydrogen-bond donors (Lipinski definition) is 1. The van der Waals surface area contributed by atoms with Crippen molar-refractivity contribution >= 4 is 5.97 Å². The standard InChI is InChI=1S/C13H23NO4/c1-2-14-12-9-16-8-11(12)13(15)18-7-10-5-3-4-6-17-10/h10-12,14H,2-9H2,1H3. The first kappa shape index (κ1) is 13.8. The summed E-state index contributed by atoms with van der Waals surface area (Å²) in [7, 11) is 0. The van der Waals surface area contributed by atoms with Crippen molar-refractivity contribution in [3.8, 4) is 0 Å². The minimum atomic E-state index is -0.173. The largest absolute Gasteiger partial charge is 0.463 e. The van der Waals surface area contributed by atoms with Gasteiger partial charge in [0.15, 0.2) is 0 Å². The van der Waals surface area contributed by atoms with E-state index >= 15 is 0 Å². The Hall–Kier alpha value is -0.650. The van der Waals surface area contributed by atoms with Gasteiger partial charge in [-0.2, -0.15) is 0 Å². The van der Waals surface area contributed by atoms with Gasteiger partial charge in [0.2, 0.25) is 0 Å². The molecule has 5 nitrogen and oxygen atoms in total. The fraction of sp³-hybridized carbons (Fsp3) is 0.923. The fourth-order valence-electron chi connectivity index (χ4n) is 2.47.